The first kappa shape index (κ1) is 29.7. The zero-order valence-corrected chi connectivity index (χ0v) is 21.2. The third-order valence-corrected chi connectivity index (χ3v) is 6.19. The minimum Gasteiger partial charge on any atom is -0.390 e. The van der Waals surface area contributed by atoms with Gasteiger partial charge in [0.2, 0.25) is 0 Å². The SMILES string of the molecule is CCC(COC)(COC(C)N)C(C)C(C)(C)OCC(COC)(COC)CC(C)(C)O. The van der Waals surface area contributed by atoms with Crippen LogP contribution >= 0.6 is 0 Å². The van der Waals surface area contributed by atoms with Crippen molar-refractivity contribution in [2.24, 2.45) is 22.5 Å². The average molecular weight is 436 g/mol. The van der Waals surface area contributed by atoms with Crippen LogP contribution in [0.3, 0.4) is 0 Å². The summed E-state index contributed by atoms with van der Waals surface area (Å²) in [4.78, 5) is 0. The molecule has 3 atom stereocenters. The topological polar surface area (TPSA) is 92.4 Å². The van der Waals surface area contributed by atoms with E-state index in [2.05, 4.69) is 27.7 Å². The summed E-state index contributed by atoms with van der Waals surface area (Å²) in [5.74, 6) is 0.110. The van der Waals surface area contributed by atoms with Crippen LogP contribution in [0.15, 0.2) is 0 Å². The summed E-state index contributed by atoms with van der Waals surface area (Å²) in [5.41, 5.74) is 3.80. The Labute approximate surface area is 184 Å². The lowest BCUT2D eigenvalue weighted by Gasteiger charge is -2.47. The molecule has 0 saturated heterocycles. The van der Waals surface area contributed by atoms with E-state index >= 15 is 0 Å². The van der Waals surface area contributed by atoms with Gasteiger partial charge < -0.3 is 34.5 Å². The average Bonchev–Trinajstić information content (AvgIpc) is 2.62. The van der Waals surface area contributed by atoms with E-state index in [-0.39, 0.29) is 17.6 Å². The first-order valence-electron chi connectivity index (χ1n) is 10.9. The fourth-order valence-electron chi connectivity index (χ4n) is 4.40. The molecule has 0 rings (SSSR count). The van der Waals surface area contributed by atoms with Gasteiger partial charge in [0.05, 0.1) is 44.2 Å². The van der Waals surface area contributed by atoms with Crippen molar-refractivity contribution in [2.75, 3.05) is 54.4 Å². The fraction of sp³-hybridized carbons (Fsp3) is 1.00. The van der Waals surface area contributed by atoms with Crippen LogP contribution in [0.2, 0.25) is 0 Å². The molecule has 0 spiro atoms. The molecular weight excluding hydrogens is 386 g/mol. The number of hydrogen-bond acceptors (Lipinski definition) is 7. The van der Waals surface area contributed by atoms with E-state index < -0.39 is 16.6 Å². The van der Waals surface area contributed by atoms with Crippen molar-refractivity contribution < 1.29 is 28.8 Å². The zero-order valence-electron chi connectivity index (χ0n) is 21.2. The molecule has 0 saturated carbocycles. The quantitative estimate of drug-likeness (QED) is 0.339. The van der Waals surface area contributed by atoms with Crippen molar-refractivity contribution in [3.05, 3.63) is 0 Å². The summed E-state index contributed by atoms with van der Waals surface area (Å²) >= 11 is 0. The Hall–Kier alpha value is -0.280. The molecule has 0 aromatic heterocycles. The Kier molecular flexibility index (Phi) is 12.6. The van der Waals surface area contributed by atoms with Crippen LogP contribution in [0.4, 0.5) is 0 Å². The minimum absolute atomic E-state index is 0.110. The molecule has 7 heteroatoms. The highest BCUT2D eigenvalue weighted by atomic mass is 16.5. The van der Waals surface area contributed by atoms with Gasteiger partial charge in [0.1, 0.15) is 6.23 Å². The van der Waals surface area contributed by atoms with Crippen LogP contribution in [0.1, 0.15) is 61.3 Å². The predicted octanol–water partition coefficient (Wildman–Crippen LogP) is 3.22. The molecule has 0 aliphatic heterocycles. The second-order valence-electron chi connectivity index (χ2n) is 10.1. The second kappa shape index (κ2) is 12.7. The van der Waals surface area contributed by atoms with Crippen molar-refractivity contribution in [1.82, 2.24) is 0 Å². The number of aliphatic hydroxyl groups is 1. The van der Waals surface area contributed by atoms with Crippen LogP contribution in [0.5, 0.6) is 0 Å². The van der Waals surface area contributed by atoms with Gasteiger partial charge in [0, 0.05) is 32.2 Å². The van der Waals surface area contributed by atoms with Gasteiger partial charge in [-0.2, -0.15) is 0 Å². The van der Waals surface area contributed by atoms with Gasteiger partial charge in [-0.15, -0.1) is 0 Å². The number of hydrogen-bond donors (Lipinski definition) is 2. The molecular formula is C23H49NO6. The molecule has 0 bridgehead atoms. The van der Waals surface area contributed by atoms with E-state index in [1.807, 2.05) is 6.92 Å². The van der Waals surface area contributed by atoms with Crippen LogP contribution in [0.25, 0.3) is 0 Å². The molecule has 3 N–H and O–H groups in total. The molecule has 0 radical (unpaired) electrons. The molecule has 182 valence electrons. The summed E-state index contributed by atoms with van der Waals surface area (Å²) in [6.07, 6.45) is 1.02. The highest BCUT2D eigenvalue weighted by molar-refractivity contribution is 4.94. The molecule has 7 nitrogen and oxygen atoms in total. The normalized spacial score (nSPS) is 17.6. The number of ether oxygens (including phenoxy) is 5. The van der Waals surface area contributed by atoms with E-state index in [4.69, 9.17) is 29.4 Å². The second-order valence-corrected chi connectivity index (χ2v) is 10.1. The molecule has 0 amide bonds. The van der Waals surface area contributed by atoms with E-state index in [1.165, 1.54) is 0 Å². The molecule has 0 aliphatic rings. The first-order chi connectivity index (χ1) is 13.7. The van der Waals surface area contributed by atoms with Crippen LogP contribution in [-0.4, -0.2) is 76.9 Å². The van der Waals surface area contributed by atoms with Crippen molar-refractivity contribution in [3.63, 3.8) is 0 Å². The molecule has 3 unspecified atom stereocenters. The highest BCUT2D eigenvalue weighted by Gasteiger charge is 2.46. The number of rotatable bonds is 17. The van der Waals surface area contributed by atoms with Crippen molar-refractivity contribution in [2.45, 2.75) is 78.7 Å². The Bertz CT molecular complexity index is 457. The molecule has 0 aliphatic carbocycles. The lowest BCUT2D eigenvalue weighted by Crippen LogP contribution is -2.52. The predicted molar refractivity (Wildman–Crippen MR) is 120 cm³/mol. The van der Waals surface area contributed by atoms with Gasteiger partial charge in [-0.1, -0.05) is 13.8 Å². The lowest BCUT2D eigenvalue weighted by atomic mass is 9.68. The van der Waals surface area contributed by atoms with Crippen LogP contribution in [0, 0.1) is 16.7 Å². The Balaban J connectivity index is 5.67. The maximum absolute atomic E-state index is 10.5. The number of methoxy groups -OCH3 is 3. The van der Waals surface area contributed by atoms with E-state index in [1.54, 1.807) is 35.2 Å². The molecule has 0 fully saturated rings. The standard InChI is InChI=1S/C23H49NO6/c1-11-23(16-28-10,17-29-19(3)24)18(2)21(6,7)30-15-22(13-26-8,14-27-9)12-20(4,5)25/h18-19,25H,11-17,24H2,1-10H3. The lowest BCUT2D eigenvalue weighted by molar-refractivity contribution is -0.174. The fourth-order valence-corrected chi connectivity index (χ4v) is 4.40. The van der Waals surface area contributed by atoms with Gasteiger partial charge in [-0.3, -0.25) is 0 Å². The van der Waals surface area contributed by atoms with Crippen molar-refractivity contribution in [1.29, 1.82) is 0 Å². The molecule has 0 aromatic carbocycles. The van der Waals surface area contributed by atoms with Crippen LogP contribution < -0.4 is 5.73 Å². The largest absolute Gasteiger partial charge is 0.390 e. The maximum Gasteiger partial charge on any atom is 0.102 e. The van der Waals surface area contributed by atoms with Gasteiger partial charge in [0.15, 0.2) is 0 Å². The van der Waals surface area contributed by atoms with E-state index in [9.17, 15) is 5.11 Å². The van der Waals surface area contributed by atoms with Gasteiger partial charge in [-0.05, 0) is 53.4 Å². The van der Waals surface area contributed by atoms with Crippen LogP contribution in [-0.2, 0) is 23.7 Å². The third-order valence-electron chi connectivity index (χ3n) is 6.19. The highest BCUT2D eigenvalue weighted by Crippen LogP contribution is 2.42. The van der Waals surface area contributed by atoms with Crippen molar-refractivity contribution in [3.8, 4) is 0 Å². The number of nitrogens with two attached hydrogens (primary N) is 1. The zero-order chi connectivity index (χ0) is 23.6. The minimum atomic E-state index is -0.871. The summed E-state index contributed by atoms with van der Waals surface area (Å²) in [6.45, 7) is 16.2. The summed E-state index contributed by atoms with van der Waals surface area (Å²) in [6, 6.07) is 0. The summed E-state index contributed by atoms with van der Waals surface area (Å²) in [5, 5.41) is 10.5. The van der Waals surface area contributed by atoms with E-state index in [0.29, 0.717) is 39.5 Å². The maximum atomic E-state index is 10.5. The first-order valence-corrected chi connectivity index (χ1v) is 10.9. The van der Waals surface area contributed by atoms with Gasteiger partial charge >= 0.3 is 0 Å². The molecule has 0 heterocycles. The Morgan fingerprint density at radius 1 is 0.833 bits per heavy atom. The van der Waals surface area contributed by atoms with Gasteiger partial charge in [0.25, 0.3) is 0 Å². The molecule has 30 heavy (non-hydrogen) atoms. The van der Waals surface area contributed by atoms with Crippen molar-refractivity contribution >= 4 is 0 Å². The smallest absolute Gasteiger partial charge is 0.102 e. The molecule has 0 aromatic rings. The Morgan fingerprint density at radius 2 is 1.33 bits per heavy atom. The van der Waals surface area contributed by atoms with Gasteiger partial charge in [-0.25, -0.2) is 0 Å². The monoisotopic (exact) mass is 435 g/mol. The summed E-state index contributed by atoms with van der Waals surface area (Å²) in [7, 11) is 5.03. The third kappa shape index (κ3) is 9.47. The Morgan fingerprint density at radius 3 is 1.70 bits per heavy atom. The summed E-state index contributed by atoms with van der Waals surface area (Å²) < 4.78 is 29.0. The van der Waals surface area contributed by atoms with E-state index in [0.717, 1.165) is 6.42 Å².